The zero-order chi connectivity index (χ0) is 22.0. The Kier molecular flexibility index (Phi) is 4.70. The molecule has 0 aromatic heterocycles. The minimum absolute atomic E-state index is 0.0189. The third kappa shape index (κ3) is 2.96. The Morgan fingerprint density at radius 1 is 0.938 bits per heavy atom. The van der Waals surface area contributed by atoms with Crippen LogP contribution in [0.5, 0.6) is 11.5 Å². The van der Waals surface area contributed by atoms with Crippen molar-refractivity contribution in [3.63, 3.8) is 0 Å². The highest BCUT2D eigenvalue weighted by Gasteiger charge is 2.45. The molecule has 3 aliphatic rings. The van der Waals surface area contributed by atoms with Gasteiger partial charge in [0.1, 0.15) is 6.61 Å². The molecule has 3 aromatic carbocycles. The van der Waals surface area contributed by atoms with Crippen LogP contribution in [-0.4, -0.2) is 18.6 Å². The third-order valence-electron chi connectivity index (χ3n) is 6.59. The van der Waals surface area contributed by atoms with E-state index in [1.165, 1.54) is 0 Å². The van der Waals surface area contributed by atoms with E-state index in [0.29, 0.717) is 6.61 Å². The second kappa shape index (κ2) is 7.49. The number of benzene rings is 3. The Hall–Kier alpha value is -2.57. The fourth-order valence-corrected chi connectivity index (χ4v) is 6.65. The molecular formula is C26H19Br2NO3. The molecular weight excluding hydrogens is 534 g/mol. The van der Waals surface area contributed by atoms with Crippen molar-refractivity contribution in [2.45, 2.75) is 24.9 Å². The predicted octanol–water partition coefficient (Wildman–Crippen LogP) is 6.66. The van der Waals surface area contributed by atoms with Crippen molar-refractivity contribution in [1.29, 1.82) is 0 Å². The van der Waals surface area contributed by atoms with Gasteiger partial charge in [-0.15, -0.1) is 0 Å². The fourth-order valence-electron chi connectivity index (χ4n) is 5.29. The zero-order valence-corrected chi connectivity index (χ0v) is 20.4. The van der Waals surface area contributed by atoms with Crippen LogP contribution in [-0.2, 0) is 4.79 Å². The summed E-state index contributed by atoms with van der Waals surface area (Å²) in [6.07, 6.45) is -0.228. The largest absolute Gasteiger partial charge is 0.485 e. The average Bonchev–Trinajstić information content (AvgIpc) is 3.26. The summed E-state index contributed by atoms with van der Waals surface area (Å²) in [5, 5.41) is 3.09. The maximum atomic E-state index is 13.3. The molecule has 0 bridgehead atoms. The molecule has 3 aromatic rings. The molecule has 3 unspecified atom stereocenters. The van der Waals surface area contributed by atoms with Gasteiger partial charge in [0.25, 0.3) is 0 Å². The normalized spacial score (nSPS) is 23.1. The number of carbonyl (C=O) groups is 1. The van der Waals surface area contributed by atoms with Gasteiger partial charge in [-0.2, -0.15) is 0 Å². The van der Waals surface area contributed by atoms with Gasteiger partial charge in [0.15, 0.2) is 17.6 Å². The number of hydrogen-bond acceptors (Lipinski definition) is 3. The lowest BCUT2D eigenvalue weighted by molar-refractivity contribution is -0.117. The average molecular weight is 553 g/mol. The maximum Gasteiger partial charge on any atom is 0.232 e. The van der Waals surface area contributed by atoms with Gasteiger partial charge in [-0.3, -0.25) is 4.79 Å². The summed E-state index contributed by atoms with van der Waals surface area (Å²) in [4.78, 5) is 13.3. The van der Waals surface area contributed by atoms with E-state index < -0.39 is 0 Å². The number of ether oxygens (including phenoxy) is 2. The number of nitrogens with one attached hydrogen (secondary N) is 1. The third-order valence-corrected chi connectivity index (χ3v) is 7.68. The molecule has 1 N–H and O–H groups in total. The molecule has 1 aliphatic carbocycles. The van der Waals surface area contributed by atoms with Crippen molar-refractivity contribution in [1.82, 2.24) is 0 Å². The smallest absolute Gasteiger partial charge is 0.232 e. The van der Waals surface area contributed by atoms with E-state index in [9.17, 15) is 4.79 Å². The number of anilines is 1. The number of halogens is 2. The second-order valence-electron chi connectivity index (χ2n) is 8.34. The molecule has 1 amide bonds. The molecule has 2 aliphatic heterocycles. The lowest BCUT2D eigenvalue weighted by atomic mass is 9.80. The topological polar surface area (TPSA) is 47.6 Å². The molecule has 160 valence electrons. The fraction of sp³-hybridized carbons (Fsp3) is 0.192. The maximum absolute atomic E-state index is 13.3. The van der Waals surface area contributed by atoms with Crippen molar-refractivity contribution >= 4 is 49.0 Å². The first kappa shape index (κ1) is 20.1. The highest BCUT2D eigenvalue weighted by atomic mass is 79.9. The molecule has 6 heteroatoms. The van der Waals surface area contributed by atoms with E-state index in [2.05, 4.69) is 56.2 Å². The van der Waals surface area contributed by atoms with Gasteiger partial charge in [-0.1, -0.05) is 57.9 Å². The van der Waals surface area contributed by atoms with E-state index in [1.54, 1.807) is 0 Å². The van der Waals surface area contributed by atoms with Gasteiger partial charge >= 0.3 is 0 Å². The summed E-state index contributed by atoms with van der Waals surface area (Å²) in [6.45, 7) is 2.57. The van der Waals surface area contributed by atoms with Crippen LogP contribution in [0.3, 0.4) is 0 Å². The molecule has 0 saturated carbocycles. The van der Waals surface area contributed by atoms with Gasteiger partial charge in [0.05, 0.1) is 11.6 Å². The van der Waals surface area contributed by atoms with Crippen LogP contribution in [0.2, 0.25) is 0 Å². The first-order chi connectivity index (χ1) is 15.5. The molecule has 3 atom stereocenters. The molecule has 0 saturated heterocycles. The van der Waals surface area contributed by atoms with Crippen LogP contribution < -0.4 is 14.8 Å². The van der Waals surface area contributed by atoms with Crippen molar-refractivity contribution < 1.29 is 14.3 Å². The standard InChI is InChI=1S/C26H19Br2NO3/c1-13-22(21-12-31-19-8-4-5-9-20(19)32-21)15-6-2-3-7-16(15)23(13)24-17-10-14(27)11-18(28)25(17)29-26(24)30/h2-11,21,23-24H,12H2,1H3,(H,29,30). The number of allylic oxidation sites excluding steroid dienone is 1. The molecule has 6 rings (SSSR count). The number of carbonyl (C=O) groups excluding carboxylic acids is 1. The first-order valence-electron chi connectivity index (χ1n) is 10.5. The van der Waals surface area contributed by atoms with Crippen LogP contribution in [0.15, 0.2) is 75.2 Å². The Morgan fingerprint density at radius 3 is 2.53 bits per heavy atom. The molecule has 0 radical (unpaired) electrons. The lowest BCUT2D eigenvalue weighted by Crippen LogP contribution is -2.30. The number of fused-ring (bicyclic) bond motifs is 3. The van der Waals surface area contributed by atoms with Crippen molar-refractivity contribution in [2.24, 2.45) is 0 Å². The first-order valence-corrected chi connectivity index (χ1v) is 12.1. The second-order valence-corrected chi connectivity index (χ2v) is 10.1. The lowest BCUT2D eigenvalue weighted by Gasteiger charge is -2.28. The number of hydrogen-bond donors (Lipinski definition) is 1. The van der Waals surface area contributed by atoms with Gasteiger partial charge in [0.2, 0.25) is 5.91 Å². The number of rotatable bonds is 2. The van der Waals surface area contributed by atoms with Gasteiger partial charge in [-0.05, 0) is 63.8 Å². The summed E-state index contributed by atoms with van der Waals surface area (Å²) in [7, 11) is 0. The number of para-hydroxylation sites is 2. The summed E-state index contributed by atoms with van der Waals surface area (Å²) in [5.74, 6) is 1.16. The Labute approximate surface area is 202 Å². The molecule has 0 spiro atoms. The Bertz CT molecular complexity index is 1320. The summed E-state index contributed by atoms with van der Waals surface area (Å²) < 4.78 is 14.2. The SMILES string of the molecule is CC1=C(C2COc3ccccc3O2)c2ccccc2C1C1C(=O)Nc2c(Br)cc(Br)cc21. The highest BCUT2D eigenvalue weighted by Crippen LogP contribution is 2.55. The summed E-state index contributed by atoms with van der Waals surface area (Å²) >= 11 is 7.20. The Morgan fingerprint density at radius 2 is 1.69 bits per heavy atom. The van der Waals surface area contributed by atoms with Gasteiger partial charge < -0.3 is 14.8 Å². The highest BCUT2D eigenvalue weighted by molar-refractivity contribution is 9.11. The van der Waals surface area contributed by atoms with E-state index in [1.807, 2.05) is 48.5 Å². The van der Waals surface area contributed by atoms with Crippen LogP contribution >= 0.6 is 31.9 Å². The van der Waals surface area contributed by atoms with Gasteiger partial charge in [-0.25, -0.2) is 0 Å². The zero-order valence-electron chi connectivity index (χ0n) is 17.2. The van der Waals surface area contributed by atoms with E-state index in [-0.39, 0.29) is 23.8 Å². The van der Waals surface area contributed by atoms with E-state index in [4.69, 9.17) is 9.47 Å². The molecule has 2 heterocycles. The minimum atomic E-state index is -0.311. The quantitative estimate of drug-likeness (QED) is 0.387. The van der Waals surface area contributed by atoms with Crippen molar-refractivity contribution in [3.8, 4) is 11.5 Å². The van der Waals surface area contributed by atoms with Crippen LogP contribution in [0.4, 0.5) is 5.69 Å². The summed E-state index contributed by atoms with van der Waals surface area (Å²) in [6, 6.07) is 20.1. The van der Waals surface area contributed by atoms with Crippen LogP contribution in [0.1, 0.15) is 35.4 Å². The van der Waals surface area contributed by atoms with Crippen LogP contribution in [0.25, 0.3) is 5.57 Å². The molecule has 32 heavy (non-hydrogen) atoms. The number of amides is 1. The van der Waals surface area contributed by atoms with Crippen LogP contribution in [0, 0.1) is 0 Å². The van der Waals surface area contributed by atoms with Crippen molar-refractivity contribution in [2.75, 3.05) is 11.9 Å². The minimum Gasteiger partial charge on any atom is -0.485 e. The molecule has 0 fully saturated rings. The Balaban J connectivity index is 1.48. The monoisotopic (exact) mass is 551 g/mol. The summed E-state index contributed by atoms with van der Waals surface area (Å²) in [5.41, 5.74) is 6.43. The van der Waals surface area contributed by atoms with E-state index in [0.717, 1.165) is 54.0 Å². The predicted molar refractivity (Wildman–Crippen MR) is 131 cm³/mol. The molecule has 4 nitrogen and oxygen atoms in total. The van der Waals surface area contributed by atoms with Crippen molar-refractivity contribution in [3.05, 3.63) is 91.9 Å². The van der Waals surface area contributed by atoms with Gasteiger partial charge in [0, 0.05) is 20.4 Å². The van der Waals surface area contributed by atoms with E-state index >= 15 is 0 Å².